The van der Waals surface area contributed by atoms with Gasteiger partial charge in [-0.05, 0) is 19.1 Å². The summed E-state index contributed by atoms with van der Waals surface area (Å²) < 4.78 is 5.04. The van der Waals surface area contributed by atoms with E-state index in [4.69, 9.17) is 4.74 Å². The van der Waals surface area contributed by atoms with Crippen LogP contribution in [0.5, 0.6) is 0 Å². The van der Waals surface area contributed by atoms with E-state index in [-0.39, 0.29) is 0 Å². The molecule has 0 spiro atoms. The maximum absolute atomic E-state index is 5.04. The third kappa shape index (κ3) is 5.77. The fourth-order valence-electron chi connectivity index (χ4n) is 1.22. The van der Waals surface area contributed by atoms with Gasteiger partial charge in [0.1, 0.15) is 0 Å². The van der Waals surface area contributed by atoms with E-state index in [1.54, 1.807) is 7.11 Å². The molecule has 0 fully saturated rings. The first-order valence-electron chi connectivity index (χ1n) is 5.08. The zero-order valence-electron chi connectivity index (χ0n) is 9.27. The molecule has 0 aliphatic carbocycles. The lowest BCUT2D eigenvalue weighted by molar-refractivity contribution is 0.173. The zero-order chi connectivity index (χ0) is 10.9. The standard InChI is InChI=1S/C11H18N2OS/c1-10(9-14-2)13-7-8-15-11-3-5-12-6-4-11/h3-6,10,13H,7-9H2,1-2H3. The normalized spacial score (nSPS) is 12.7. The van der Waals surface area contributed by atoms with Gasteiger partial charge in [-0.15, -0.1) is 11.8 Å². The Kier molecular flexibility index (Phi) is 6.39. The van der Waals surface area contributed by atoms with Crippen LogP contribution >= 0.6 is 11.8 Å². The molecular weight excluding hydrogens is 208 g/mol. The molecule has 84 valence electrons. The van der Waals surface area contributed by atoms with Crippen molar-refractivity contribution >= 4 is 11.8 Å². The minimum Gasteiger partial charge on any atom is -0.383 e. The zero-order valence-corrected chi connectivity index (χ0v) is 10.1. The molecule has 0 aliphatic rings. The molecule has 4 heteroatoms. The van der Waals surface area contributed by atoms with Crippen LogP contribution in [0.1, 0.15) is 6.92 Å². The summed E-state index contributed by atoms with van der Waals surface area (Å²) >= 11 is 1.84. The molecule has 3 nitrogen and oxygen atoms in total. The quantitative estimate of drug-likeness (QED) is 0.568. The third-order valence-corrected chi connectivity index (χ3v) is 2.94. The molecule has 0 radical (unpaired) electrons. The molecule has 1 aromatic heterocycles. The number of nitrogens with zero attached hydrogens (tertiary/aromatic N) is 1. The predicted octanol–water partition coefficient (Wildman–Crippen LogP) is 1.80. The molecule has 1 rings (SSSR count). The van der Waals surface area contributed by atoms with Gasteiger partial charge in [0.2, 0.25) is 0 Å². The molecule has 1 N–H and O–H groups in total. The monoisotopic (exact) mass is 226 g/mol. The van der Waals surface area contributed by atoms with E-state index in [1.807, 2.05) is 36.3 Å². The lowest BCUT2D eigenvalue weighted by Gasteiger charge is -2.11. The number of ether oxygens (including phenoxy) is 1. The van der Waals surface area contributed by atoms with Gasteiger partial charge < -0.3 is 10.1 Å². The summed E-state index contributed by atoms with van der Waals surface area (Å²) in [5.41, 5.74) is 0. The Bertz CT molecular complexity index is 256. The van der Waals surface area contributed by atoms with Gasteiger partial charge in [-0.2, -0.15) is 0 Å². The third-order valence-electron chi connectivity index (χ3n) is 1.93. The topological polar surface area (TPSA) is 34.1 Å². The van der Waals surface area contributed by atoms with Crippen molar-refractivity contribution in [2.24, 2.45) is 0 Å². The number of nitrogens with one attached hydrogen (secondary N) is 1. The number of methoxy groups -OCH3 is 1. The highest BCUT2D eigenvalue weighted by Crippen LogP contribution is 2.14. The second kappa shape index (κ2) is 7.68. The molecule has 0 amide bonds. The van der Waals surface area contributed by atoms with Gasteiger partial charge in [-0.25, -0.2) is 0 Å². The van der Waals surface area contributed by atoms with Crippen molar-refractivity contribution < 1.29 is 4.74 Å². The van der Waals surface area contributed by atoms with Crippen molar-refractivity contribution in [3.05, 3.63) is 24.5 Å². The number of pyridine rings is 1. The second-order valence-electron chi connectivity index (χ2n) is 3.34. The Balaban J connectivity index is 2.07. The molecule has 0 aliphatic heterocycles. The Hall–Kier alpha value is -0.580. The minimum absolute atomic E-state index is 0.424. The Morgan fingerprint density at radius 2 is 2.20 bits per heavy atom. The maximum atomic E-state index is 5.04. The smallest absolute Gasteiger partial charge is 0.0613 e. The van der Waals surface area contributed by atoms with E-state index in [0.717, 1.165) is 18.9 Å². The van der Waals surface area contributed by atoms with Crippen LogP contribution in [0, 0.1) is 0 Å². The van der Waals surface area contributed by atoms with Crippen LogP contribution in [0.15, 0.2) is 29.4 Å². The maximum Gasteiger partial charge on any atom is 0.0613 e. The first-order valence-corrected chi connectivity index (χ1v) is 6.06. The highest BCUT2D eigenvalue weighted by Gasteiger charge is 1.99. The average molecular weight is 226 g/mol. The van der Waals surface area contributed by atoms with Crippen molar-refractivity contribution in [2.75, 3.05) is 26.0 Å². The van der Waals surface area contributed by atoms with Crippen LogP contribution in [-0.4, -0.2) is 37.0 Å². The van der Waals surface area contributed by atoms with E-state index in [9.17, 15) is 0 Å². The van der Waals surface area contributed by atoms with Crippen LogP contribution in [0.3, 0.4) is 0 Å². The van der Waals surface area contributed by atoms with Crippen LogP contribution in [-0.2, 0) is 4.74 Å². The number of aromatic nitrogens is 1. The summed E-state index contributed by atoms with van der Waals surface area (Å²) in [6.07, 6.45) is 3.65. The van der Waals surface area contributed by atoms with Gasteiger partial charge in [0.15, 0.2) is 0 Å². The van der Waals surface area contributed by atoms with Gasteiger partial charge in [0.05, 0.1) is 6.61 Å². The van der Waals surface area contributed by atoms with Gasteiger partial charge in [-0.3, -0.25) is 4.98 Å². The lowest BCUT2D eigenvalue weighted by Crippen LogP contribution is -2.31. The molecule has 1 atom stereocenters. The van der Waals surface area contributed by atoms with Crippen molar-refractivity contribution in [1.29, 1.82) is 0 Å². The van der Waals surface area contributed by atoms with Crippen LogP contribution in [0.2, 0.25) is 0 Å². The molecule has 0 saturated heterocycles. The number of rotatable bonds is 7. The molecule has 15 heavy (non-hydrogen) atoms. The number of thioether (sulfide) groups is 1. The van der Waals surface area contributed by atoms with E-state index in [2.05, 4.69) is 17.2 Å². The van der Waals surface area contributed by atoms with Crippen molar-refractivity contribution in [1.82, 2.24) is 10.3 Å². The van der Waals surface area contributed by atoms with E-state index >= 15 is 0 Å². The van der Waals surface area contributed by atoms with Gasteiger partial charge in [-0.1, -0.05) is 0 Å². The first-order chi connectivity index (χ1) is 7.33. The van der Waals surface area contributed by atoms with Crippen molar-refractivity contribution in [2.45, 2.75) is 17.9 Å². The highest BCUT2D eigenvalue weighted by atomic mass is 32.2. The van der Waals surface area contributed by atoms with Crippen LogP contribution in [0.4, 0.5) is 0 Å². The van der Waals surface area contributed by atoms with Gasteiger partial charge in [0.25, 0.3) is 0 Å². The summed E-state index contributed by atoms with van der Waals surface area (Å²) in [6.45, 7) is 3.89. The second-order valence-corrected chi connectivity index (χ2v) is 4.51. The fourth-order valence-corrected chi connectivity index (χ4v) is 1.99. The van der Waals surface area contributed by atoms with Crippen LogP contribution < -0.4 is 5.32 Å². The summed E-state index contributed by atoms with van der Waals surface area (Å²) in [7, 11) is 1.73. The predicted molar refractivity (Wildman–Crippen MR) is 64.3 cm³/mol. The average Bonchev–Trinajstić information content (AvgIpc) is 2.26. The Morgan fingerprint density at radius 1 is 1.47 bits per heavy atom. The SMILES string of the molecule is COCC(C)NCCSc1ccncc1. The summed E-state index contributed by atoms with van der Waals surface area (Å²) in [6, 6.07) is 4.49. The van der Waals surface area contributed by atoms with E-state index in [1.165, 1.54) is 4.90 Å². The lowest BCUT2D eigenvalue weighted by atomic mass is 10.4. The summed E-state index contributed by atoms with van der Waals surface area (Å²) in [5, 5.41) is 3.39. The summed E-state index contributed by atoms with van der Waals surface area (Å²) in [4.78, 5) is 5.25. The number of hydrogen-bond donors (Lipinski definition) is 1. The molecule has 0 aromatic carbocycles. The highest BCUT2D eigenvalue weighted by molar-refractivity contribution is 7.99. The first kappa shape index (κ1) is 12.5. The molecule has 1 unspecified atom stereocenters. The minimum atomic E-state index is 0.424. The van der Waals surface area contributed by atoms with Crippen LogP contribution in [0.25, 0.3) is 0 Å². The Labute approximate surface area is 95.6 Å². The molecule has 0 saturated carbocycles. The Morgan fingerprint density at radius 3 is 2.87 bits per heavy atom. The largest absolute Gasteiger partial charge is 0.383 e. The molecule has 0 bridgehead atoms. The molecular formula is C11H18N2OS. The van der Waals surface area contributed by atoms with Crippen molar-refractivity contribution in [3.63, 3.8) is 0 Å². The molecule has 1 heterocycles. The van der Waals surface area contributed by atoms with Gasteiger partial charge in [0, 0.05) is 42.7 Å². The summed E-state index contributed by atoms with van der Waals surface area (Å²) in [5.74, 6) is 1.07. The molecule has 1 aromatic rings. The van der Waals surface area contributed by atoms with Gasteiger partial charge >= 0.3 is 0 Å². The van der Waals surface area contributed by atoms with E-state index in [0.29, 0.717) is 6.04 Å². The number of hydrogen-bond acceptors (Lipinski definition) is 4. The van der Waals surface area contributed by atoms with Crippen molar-refractivity contribution in [3.8, 4) is 0 Å². The van der Waals surface area contributed by atoms with E-state index < -0.39 is 0 Å². The fraction of sp³-hybridized carbons (Fsp3) is 0.545.